The van der Waals surface area contributed by atoms with Crippen molar-refractivity contribution in [3.8, 4) is 0 Å². The highest BCUT2D eigenvalue weighted by Crippen LogP contribution is 2.66. The number of nitrogens with one attached hydrogen (secondary N) is 1. The molecule has 3 nitrogen and oxygen atoms in total. The van der Waals surface area contributed by atoms with Crippen LogP contribution in [0.25, 0.3) is 0 Å². The predicted octanol–water partition coefficient (Wildman–Crippen LogP) is 1.73. The van der Waals surface area contributed by atoms with Crippen LogP contribution in [0.5, 0.6) is 0 Å². The summed E-state index contributed by atoms with van der Waals surface area (Å²) in [5, 5.41) is 3.26. The van der Waals surface area contributed by atoms with Crippen molar-refractivity contribution in [3.63, 3.8) is 0 Å². The maximum atomic E-state index is 5.95. The maximum absolute atomic E-state index is 5.95. The molecule has 0 radical (unpaired) electrons. The number of nitrogens with zero attached hydrogens (tertiary/aromatic N) is 1. The fourth-order valence-electron chi connectivity index (χ4n) is 4.03. The molecule has 0 heterocycles. The molecule has 0 aromatic carbocycles. The molecule has 4 unspecified atom stereocenters. The Labute approximate surface area is 97.9 Å². The lowest BCUT2D eigenvalue weighted by atomic mass is 10.0. The molecular formula is C13H23N3. The van der Waals surface area contributed by atoms with Crippen LogP contribution >= 0.6 is 0 Å². The van der Waals surface area contributed by atoms with E-state index >= 15 is 0 Å². The molecule has 0 amide bonds. The van der Waals surface area contributed by atoms with E-state index < -0.39 is 0 Å². The van der Waals surface area contributed by atoms with Crippen molar-refractivity contribution in [2.75, 3.05) is 0 Å². The first kappa shape index (κ1) is 10.4. The van der Waals surface area contributed by atoms with Gasteiger partial charge in [-0.25, -0.2) is 4.99 Å². The Kier molecular flexibility index (Phi) is 2.05. The molecule has 4 atom stereocenters. The van der Waals surface area contributed by atoms with E-state index in [0.717, 1.165) is 23.7 Å². The molecule has 3 aliphatic carbocycles. The minimum absolute atomic E-state index is 0.0244. The van der Waals surface area contributed by atoms with Crippen LogP contribution in [0.4, 0.5) is 0 Å². The Morgan fingerprint density at radius 1 is 1.19 bits per heavy atom. The average molecular weight is 221 g/mol. The maximum Gasteiger partial charge on any atom is 0.189 e. The lowest BCUT2D eigenvalue weighted by molar-refractivity contribution is 0.456. The molecule has 3 N–H and O–H groups in total. The Morgan fingerprint density at radius 2 is 1.75 bits per heavy atom. The zero-order valence-electron chi connectivity index (χ0n) is 10.5. The second kappa shape index (κ2) is 3.14. The summed E-state index contributed by atoms with van der Waals surface area (Å²) in [5.74, 6) is 4.38. The number of guanidine groups is 1. The quantitative estimate of drug-likeness (QED) is 0.523. The van der Waals surface area contributed by atoms with Crippen LogP contribution in [-0.2, 0) is 0 Å². The minimum Gasteiger partial charge on any atom is -0.370 e. The van der Waals surface area contributed by atoms with Crippen molar-refractivity contribution in [2.45, 2.75) is 51.6 Å². The number of fused-ring (bicyclic) bond motifs is 5. The van der Waals surface area contributed by atoms with Crippen LogP contribution in [0.2, 0.25) is 0 Å². The van der Waals surface area contributed by atoms with E-state index in [0.29, 0.717) is 12.0 Å². The van der Waals surface area contributed by atoms with E-state index in [1.54, 1.807) is 0 Å². The van der Waals surface area contributed by atoms with E-state index in [-0.39, 0.29) is 5.54 Å². The summed E-state index contributed by atoms with van der Waals surface area (Å²) in [5.41, 5.74) is 5.98. The van der Waals surface area contributed by atoms with Gasteiger partial charge in [-0.3, -0.25) is 0 Å². The molecule has 0 aromatic rings. The first-order chi connectivity index (χ1) is 7.46. The molecule has 3 rings (SSSR count). The molecule has 3 aliphatic rings. The molecule has 3 heteroatoms. The predicted molar refractivity (Wildman–Crippen MR) is 66.1 cm³/mol. The third kappa shape index (κ3) is 1.61. The normalized spacial score (nSPS) is 45.7. The molecule has 90 valence electrons. The minimum atomic E-state index is 0.0244. The van der Waals surface area contributed by atoms with Gasteiger partial charge in [-0.2, -0.15) is 0 Å². The summed E-state index contributed by atoms with van der Waals surface area (Å²) in [6.07, 6.45) is 4.38. The van der Waals surface area contributed by atoms with Crippen LogP contribution in [0.15, 0.2) is 4.99 Å². The molecule has 16 heavy (non-hydrogen) atoms. The van der Waals surface area contributed by atoms with Gasteiger partial charge in [0.2, 0.25) is 0 Å². The van der Waals surface area contributed by atoms with Gasteiger partial charge in [0.15, 0.2) is 5.96 Å². The second-order valence-corrected chi connectivity index (χ2v) is 6.87. The summed E-state index contributed by atoms with van der Waals surface area (Å²) in [6.45, 7) is 6.35. The van der Waals surface area contributed by atoms with Crippen molar-refractivity contribution in [3.05, 3.63) is 0 Å². The molecule has 0 aromatic heterocycles. The highest BCUT2D eigenvalue weighted by Gasteiger charge is 2.65. The summed E-state index contributed by atoms with van der Waals surface area (Å²) in [4.78, 5) is 4.68. The molecular weight excluding hydrogens is 198 g/mol. The van der Waals surface area contributed by atoms with Crippen molar-refractivity contribution in [1.82, 2.24) is 5.32 Å². The van der Waals surface area contributed by atoms with Crippen molar-refractivity contribution < 1.29 is 0 Å². The van der Waals surface area contributed by atoms with Crippen LogP contribution < -0.4 is 11.1 Å². The van der Waals surface area contributed by atoms with Gasteiger partial charge >= 0.3 is 0 Å². The third-order valence-corrected chi connectivity index (χ3v) is 4.49. The summed E-state index contributed by atoms with van der Waals surface area (Å²) >= 11 is 0. The van der Waals surface area contributed by atoms with Crippen molar-refractivity contribution >= 4 is 5.96 Å². The van der Waals surface area contributed by atoms with Crippen LogP contribution in [0.1, 0.15) is 40.0 Å². The monoisotopic (exact) mass is 221 g/mol. The fraction of sp³-hybridized carbons (Fsp3) is 0.923. The topological polar surface area (TPSA) is 50.4 Å². The van der Waals surface area contributed by atoms with Gasteiger partial charge in [-0.15, -0.1) is 0 Å². The first-order valence-corrected chi connectivity index (χ1v) is 6.57. The SMILES string of the molecule is CC(C)(C)NC(N)=NC1C2C3CCC(C3)C12. The first-order valence-electron chi connectivity index (χ1n) is 6.57. The van der Waals surface area contributed by atoms with E-state index in [9.17, 15) is 0 Å². The average Bonchev–Trinajstić information content (AvgIpc) is 2.56. The molecule has 0 saturated heterocycles. The summed E-state index contributed by atoms with van der Waals surface area (Å²) in [7, 11) is 0. The van der Waals surface area contributed by atoms with Crippen molar-refractivity contribution in [1.29, 1.82) is 0 Å². The highest BCUT2D eigenvalue weighted by molar-refractivity contribution is 5.79. The van der Waals surface area contributed by atoms with Gasteiger partial charge in [-0.05, 0) is 63.7 Å². The highest BCUT2D eigenvalue weighted by atomic mass is 15.2. The Hall–Kier alpha value is -0.730. The van der Waals surface area contributed by atoms with E-state index in [1.165, 1.54) is 19.3 Å². The van der Waals surface area contributed by atoms with Crippen molar-refractivity contribution in [2.24, 2.45) is 34.4 Å². The number of hydrogen-bond acceptors (Lipinski definition) is 1. The van der Waals surface area contributed by atoms with Crippen LogP contribution in [0, 0.1) is 23.7 Å². The van der Waals surface area contributed by atoms with Gasteiger partial charge < -0.3 is 11.1 Å². The second-order valence-electron chi connectivity index (χ2n) is 6.87. The van der Waals surface area contributed by atoms with Gasteiger partial charge in [0.25, 0.3) is 0 Å². The molecule has 3 saturated carbocycles. The number of aliphatic imine (C=N–C) groups is 1. The Morgan fingerprint density at radius 3 is 2.25 bits per heavy atom. The third-order valence-electron chi connectivity index (χ3n) is 4.49. The summed E-state index contributed by atoms with van der Waals surface area (Å²) < 4.78 is 0. The number of hydrogen-bond donors (Lipinski definition) is 2. The fourth-order valence-corrected chi connectivity index (χ4v) is 4.03. The smallest absolute Gasteiger partial charge is 0.189 e. The lowest BCUT2D eigenvalue weighted by Gasteiger charge is -2.21. The standard InChI is InChI=1S/C13H23N3/c1-13(2,3)16-12(14)15-11-9-7-4-5-8(6-7)10(9)11/h7-11H,4-6H2,1-3H3,(H3,14,15,16). The van der Waals surface area contributed by atoms with Crippen LogP contribution in [0.3, 0.4) is 0 Å². The number of rotatable bonds is 1. The van der Waals surface area contributed by atoms with Gasteiger partial charge in [-0.1, -0.05) is 0 Å². The number of nitrogens with two attached hydrogens (primary N) is 1. The van der Waals surface area contributed by atoms with Gasteiger partial charge in [0.05, 0.1) is 6.04 Å². The Balaban J connectivity index is 1.63. The largest absolute Gasteiger partial charge is 0.370 e. The van der Waals surface area contributed by atoms with E-state index in [4.69, 9.17) is 5.73 Å². The lowest BCUT2D eigenvalue weighted by Crippen LogP contribution is -2.45. The molecule has 0 spiro atoms. The summed E-state index contributed by atoms with van der Waals surface area (Å²) in [6, 6.07) is 0.557. The zero-order chi connectivity index (χ0) is 11.5. The Bertz CT molecular complexity index is 313. The van der Waals surface area contributed by atoms with E-state index in [1.807, 2.05) is 0 Å². The zero-order valence-corrected chi connectivity index (χ0v) is 10.5. The van der Waals surface area contributed by atoms with E-state index in [2.05, 4.69) is 31.1 Å². The molecule has 2 bridgehead atoms. The van der Waals surface area contributed by atoms with Crippen LogP contribution in [-0.4, -0.2) is 17.5 Å². The van der Waals surface area contributed by atoms with Gasteiger partial charge in [0.1, 0.15) is 0 Å². The van der Waals surface area contributed by atoms with Gasteiger partial charge in [0, 0.05) is 5.54 Å². The molecule has 3 fully saturated rings. The molecule has 0 aliphatic heterocycles.